The molecule has 15 heavy (non-hydrogen) atoms. The van der Waals surface area contributed by atoms with E-state index < -0.39 is 15.3 Å². The van der Waals surface area contributed by atoms with E-state index in [9.17, 15) is 8.42 Å². The normalized spacial score (nSPS) is 12.7. The van der Waals surface area contributed by atoms with E-state index >= 15 is 0 Å². The molecule has 0 aliphatic carbocycles. The molecule has 0 radical (unpaired) electrons. The van der Waals surface area contributed by atoms with E-state index in [1.807, 2.05) is 0 Å². The van der Waals surface area contributed by atoms with Gasteiger partial charge in [-0.05, 0) is 0 Å². The third-order valence-electron chi connectivity index (χ3n) is 1.98. The number of aliphatic hydroxyl groups excluding tert-OH is 2. The van der Waals surface area contributed by atoms with E-state index in [1.165, 1.54) is 11.8 Å². The molecule has 0 aromatic heterocycles. The maximum Gasteiger partial charge on any atom is 0.171 e. The number of hydrogen-bond donors (Lipinski definition) is 2. The van der Waals surface area contributed by atoms with Gasteiger partial charge in [0.2, 0.25) is 0 Å². The van der Waals surface area contributed by atoms with Crippen molar-refractivity contribution < 1.29 is 18.6 Å². The van der Waals surface area contributed by atoms with Gasteiger partial charge in [0.05, 0.1) is 19.0 Å². The molecule has 0 aliphatic rings. The minimum Gasteiger partial charge on any atom is -0.396 e. The lowest BCUT2D eigenvalue weighted by Gasteiger charge is -2.23. The van der Waals surface area contributed by atoms with Gasteiger partial charge in [0.25, 0.3) is 0 Å². The fourth-order valence-electron chi connectivity index (χ4n) is 0.718. The fraction of sp³-hybridized carbons (Fsp3) is 0.778. The molecule has 0 aromatic rings. The first-order valence-corrected chi connectivity index (χ1v) is 7.41. The predicted molar refractivity (Wildman–Crippen MR) is 63.6 cm³/mol. The van der Waals surface area contributed by atoms with Gasteiger partial charge >= 0.3 is 0 Å². The fourth-order valence-corrected chi connectivity index (χ4v) is 3.11. The summed E-state index contributed by atoms with van der Waals surface area (Å²) in [5.41, 5.74) is -0.539. The van der Waals surface area contributed by atoms with E-state index in [0.29, 0.717) is 11.5 Å². The lowest BCUT2D eigenvalue weighted by atomic mass is 9.96. The molecule has 0 atom stereocenters. The Bertz CT molecular complexity index is 280. The van der Waals surface area contributed by atoms with E-state index in [2.05, 4.69) is 6.58 Å². The van der Waals surface area contributed by atoms with Crippen LogP contribution < -0.4 is 0 Å². The zero-order valence-electron chi connectivity index (χ0n) is 8.85. The van der Waals surface area contributed by atoms with Crippen LogP contribution in [0.3, 0.4) is 0 Å². The Balaban J connectivity index is 3.86. The van der Waals surface area contributed by atoms with Gasteiger partial charge in [-0.3, -0.25) is 0 Å². The molecule has 0 rings (SSSR count). The highest BCUT2D eigenvalue weighted by atomic mass is 32.2. The summed E-state index contributed by atoms with van der Waals surface area (Å²) >= 11 is 1.40. The van der Waals surface area contributed by atoms with Crippen molar-refractivity contribution in [3.8, 4) is 0 Å². The van der Waals surface area contributed by atoms with Gasteiger partial charge in [-0.1, -0.05) is 13.5 Å². The zero-order valence-corrected chi connectivity index (χ0v) is 10.5. The molecule has 0 saturated heterocycles. The number of aliphatic hydroxyl groups is 2. The van der Waals surface area contributed by atoms with Gasteiger partial charge in [-0.2, -0.15) is 11.8 Å². The number of thioether (sulfide) groups is 1. The standard InChI is InChI=1S/C9H18O4S2/c1-3-15(12,13)5-4-14-8-9(2,6-10)7-11/h3,10-11H,1,4-8H2,2H3. The lowest BCUT2D eigenvalue weighted by Crippen LogP contribution is -2.29. The highest BCUT2D eigenvalue weighted by Gasteiger charge is 2.22. The Morgan fingerprint density at radius 3 is 2.33 bits per heavy atom. The van der Waals surface area contributed by atoms with Crippen LogP contribution in [0.15, 0.2) is 12.0 Å². The third-order valence-corrected chi connectivity index (χ3v) is 4.91. The third kappa shape index (κ3) is 6.19. The molecule has 2 N–H and O–H groups in total. The highest BCUT2D eigenvalue weighted by molar-refractivity contribution is 8.01. The Morgan fingerprint density at radius 2 is 1.93 bits per heavy atom. The molecule has 4 nitrogen and oxygen atoms in total. The van der Waals surface area contributed by atoms with Gasteiger partial charge < -0.3 is 10.2 Å². The molecule has 0 heterocycles. The van der Waals surface area contributed by atoms with Crippen LogP contribution in [-0.4, -0.2) is 49.1 Å². The highest BCUT2D eigenvalue weighted by Crippen LogP contribution is 2.21. The van der Waals surface area contributed by atoms with Crippen LogP contribution in [-0.2, 0) is 9.84 Å². The second-order valence-corrected chi connectivity index (χ2v) is 6.89. The van der Waals surface area contributed by atoms with E-state index in [0.717, 1.165) is 5.41 Å². The molecule has 0 aliphatic heterocycles. The minimum absolute atomic E-state index is 0.0497. The van der Waals surface area contributed by atoms with Gasteiger partial charge in [0.1, 0.15) is 0 Å². The number of rotatable bonds is 8. The van der Waals surface area contributed by atoms with E-state index in [1.54, 1.807) is 6.92 Å². The van der Waals surface area contributed by atoms with Crippen LogP contribution in [0.4, 0.5) is 0 Å². The molecule has 0 unspecified atom stereocenters. The molecular formula is C9H18O4S2. The van der Waals surface area contributed by atoms with Crippen molar-refractivity contribution >= 4 is 21.6 Å². The van der Waals surface area contributed by atoms with Crippen molar-refractivity contribution in [1.82, 2.24) is 0 Å². The smallest absolute Gasteiger partial charge is 0.171 e. The van der Waals surface area contributed by atoms with Gasteiger partial charge in [0.15, 0.2) is 9.84 Å². The molecule has 0 spiro atoms. The van der Waals surface area contributed by atoms with Crippen molar-refractivity contribution in [3.05, 3.63) is 12.0 Å². The van der Waals surface area contributed by atoms with Crippen LogP contribution in [0.1, 0.15) is 6.92 Å². The summed E-state index contributed by atoms with van der Waals surface area (Å²) < 4.78 is 22.1. The average Bonchev–Trinajstić information content (AvgIpc) is 2.24. The van der Waals surface area contributed by atoms with Crippen molar-refractivity contribution in [2.24, 2.45) is 5.41 Å². The zero-order chi connectivity index (χ0) is 11.9. The first-order valence-electron chi connectivity index (χ1n) is 4.54. The summed E-state index contributed by atoms with van der Waals surface area (Å²) in [6.07, 6.45) is 0. The minimum atomic E-state index is -3.13. The van der Waals surface area contributed by atoms with Crippen molar-refractivity contribution in [3.63, 3.8) is 0 Å². The Labute approximate surface area is 95.3 Å². The van der Waals surface area contributed by atoms with E-state index in [-0.39, 0.29) is 19.0 Å². The Hall–Kier alpha value is -0.0400. The first-order chi connectivity index (χ1) is 6.89. The average molecular weight is 254 g/mol. The molecule has 6 heteroatoms. The summed E-state index contributed by atoms with van der Waals surface area (Å²) in [5, 5.41) is 18.9. The molecule has 0 aromatic carbocycles. The lowest BCUT2D eigenvalue weighted by molar-refractivity contribution is 0.0895. The number of sulfone groups is 1. The SMILES string of the molecule is C=CS(=O)(=O)CCSCC(C)(CO)CO. The Kier molecular flexibility index (Phi) is 6.51. The Morgan fingerprint density at radius 1 is 1.40 bits per heavy atom. The summed E-state index contributed by atoms with van der Waals surface area (Å²) in [7, 11) is -3.13. The second kappa shape index (κ2) is 6.52. The quantitative estimate of drug-likeness (QED) is 0.608. The number of hydrogen-bond acceptors (Lipinski definition) is 5. The maximum absolute atomic E-state index is 11.0. The summed E-state index contributed by atoms with van der Waals surface area (Å²) in [5.74, 6) is 1.03. The van der Waals surface area contributed by atoms with Crippen molar-refractivity contribution in [2.45, 2.75) is 6.92 Å². The van der Waals surface area contributed by atoms with Crippen molar-refractivity contribution in [2.75, 3.05) is 30.5 Å². The molecule has 90 valence electrons. The topological polar surface area (TPSA) is 74.6 Å². The van der Waals surface area contributed by atoms with Crippen LogP contribution in [0, 0.1) is 5.41 Å². The van der Waals surface area contributed by atoms with Gasteiger partial charge in [-0.25, -0.2) is 8.42 Å². The predicted octanol–water partition coefficient (Wildman–Crippen LogP) is 0.269. The maximum atomic E-state index is 11.0. The molecule has 0 bridgehead atoms. The second-order valence-electron chi connectivity index (χ2n) is 3.71. The summed E-state index contributed by atoms with van der Waals surface area (Å²) in [6.45, 7) is 4.75. The summed E-state index contributed by atoms with van der Waals surface area (Å²) in [4.78, 5) is 0. The molecular weight excluding hydrogens is 236 g/mol. The van der Waals surface area contributed by atoms with Crippen LogP contribution in [0.25, 0.3) is 0 Å². The van der Waals surface area contributed by atoms with Crippen molar-refractivity contribution in [1.29, 1.82) is 0 Å². The largest absolute Gasteiger partial charge is 0.396 e. The van der Waals surface area contributed by atoms with Crippen LogP contribution in [0.2, 0.25) is 0 Å². The first kappa shape index (κ1) is 15.0. The van der Waals surface area contributed by atoms with Crippen LogP contribution in [0.5, 0.6) is 0 Å². The molecule has 0 fully saturated rings. The summed E-state index contributed by atoms with van der Waals surface area (Å²) in [6, 6.07) is 0. The van der Waals surface area contributed by atoms with Crippen LogP contribution >= 0.6 is 11.8 Å². The molecule has 0 amide bonds. The monoisotopic (exact) mass is 254 g/mol. The van der Waals surface area contributed by atoms with E-state index in [4.69, 9.17) is 10.2 Å². The molecule has 0 saturated carbocycles. The van der Waals surface area contributed by atoms with Gasteiger partial charge in [0, 0.05) is 22.3 Å². The van der Waals surface area contributed by atoms with Gasteiger partial charge in [-0.15, -0.1) is 0 Å².